The number of nitrogens with zero attached hydrogens (tertiary/aromatic N) is 1. The van der Waals surface area contributed by atoms with Crippen LogP contribution >= 0.6 is 0 Å². The van der Waals surface area contributed by atoms with Crippen LogP contribution in [0.5, 0.6) is 0 Å². The van der Waals surface area contributed by atoms with Crippen molar-refractivity contribution >= 4 is 27.5 Å². The summed E-state index contributed by atoms with van der Waals surface area (Å²) >= 11 is 0. The highest BCUT2D eigenvalue weighted by Crippen LogP contribution is 2.16. The molecule has 0 aliphatic heterocycles. The van der Waals surface area contributed by atoms with Crippen LogP contribution in [0.2, 0.25) is 0 Å². The summed E-state index contributed by atoms with van der Waals surface area (Å²) < 4.78 is 26.3. The highest BCUT2D eigenvalue weighted by Gasteiger charge is 2.17. The second kappa shape index (κ2) is 8.36. The first-order valence-electron chi connectivity index (χ1n) is 6.92. The lowest BCUT2D eigenvalue weighted by atomic mass is 10.3. The maximum Gasteiger partial charge on any atom is 0.270 e. The van der Waals surface area contributed by atoms with E-state index in [4.69, 9.17) is 0 Å². The van der Waals surface area contributed by atoms with E-state index in [1.807, 2.05) is 0 Å². The number of nitrogens with one attached hydrogen (secondary N) is 3. The number of sulfonamides is 1. The van der Waals surface area contributed by atoms with E-state index in [-0.39, 0.29) is 29.6 Å². The maximum absolute atomic E-state index is 12.0. The molecule has 1 rings (SSSR count). The first kappa shape index (κ1) is 19.5. The summed E-state index contributed by atoms with van der Waals surface area (Å²) in [6.07, 6.45) is 0. The first-order chi connectivity index (χ1) is 11.1. The average molecular weight is 358 g/mol. The number of hydrogen-bond acceptors (Lipinski definition) is 6. The normalized spacial score (nSPS) is 12.2. The van der Waals surface area contributed by atoms with Gasteiger partial charge in [-0.3, -0.25) is 19.7 Å². The smallest absolute Gasteiger partial charge is 0.270 e. The Bertz CT molecular complexity index is 734. The molecule has 1 aromatic carbocycles. The second-order valence-electron chi connectivity index (χ2n) is 4.87. The molecule has 0 saturated carbocycles. The predicted molar refractivity (Wildman–Crippen MR) is 84.6 cm³/mol. The van der Waals surface area contributed by atoms with Gasteiger partial charge in [0.15, 0.2) is 0 Å². The van der Waals surface area contributed by atoms with E-state index in [1.54, 1.807) is 0 Å². The summed E-state index contributed by atoms with van der Waals surface area (Å²) in [7, 11) is -3.93. The molecule has 3 N–H and O–H groups in total. The molecular formula is C13H18N4O6S. The lowest BCUT2D eigenvalue weighted by Gasteiger charge is -2.13. The predicted octanol–water partition coefficient (Wildman–Crippen LogP) is -0.486. The fraction of sp³-hybridized carbons (Fsp3) is 0.385. The minimum Gasteiger partial charge on any atom is -0.353 e. The van der Waals surface area contributed by atoms with Crippen LogP contribution in [-0.4, -0.2) is 44.3 Å². The van der Waals surface area contributed by atoms with Crippen LogP contribution in [0.1, 0.15) is 13.8 Å². The Kier molecular flexibility index (Phi) is 6.80. The lowest BCUT2D eigenvalue weighted by molar-refractivity contribution is -0.385. The van der Waals surface area contributed by atoms with Gasteiger partial charge in [0, 0.05) is 32.1 Å². The second-order valence-corrected chi connectivity index (χ2v) is 6.63. The van der Waals surface area contributed by atoms with Crippen LogP contribution in [0, 0.1) is 10.1 Å². The van der Waals surface area contributed by atoms with Crippen LogP contribution in [-0.2, 0) is 19.6 Å². The number of carbonyl (C=O) groups is 2. The third-order valence-corrected chi connectivity index (χ3v) is 4.33. The van der Waals surface area contributed by atoms with Crippen molar-refractivity contribution in [2.75, 3.05) is 13.1 Å². The van der Waals surface area contributed by atoms with Gasteiger partial charge in [-0.25, -0.2) is 13.1 Å². The zero-order chi connectivity index (χ0) is 18.3. The molecule has 0 heterocycles. The minimum absolute atomic E-state index is 0.00306. The van der Waals surface area contributed by atoms with Gasteiger partial charge in [-0.1, -0.05) is 6.07 Å². The van der Waals surface area contributed by atoms with Crippen LogP contribution in [0.15, 0.2) is 29.2 Å². The monoisotopic (exact) mass is 358 g/mol. The Labute approximate surface area is 138 Å². The Morgan fingerprint density at radius 2 is 1.96 bits per heavy atom. The van der Waals surface area contributed by atoms with Crippen molar-refractivity contribution in [3.8, 4) is 0 Å². The van der Waals surface area contributed by atoms with Gasteiger partial charge >= 0.3 is 0 Å². The Balaban J connectivity index is 2.55. The molecule has 0 aromatic heterocycles. The molecule has 11 heteroatoms. The molecule has 24 heavy (non-hydrogen) atoms. The molecule has 1 unspecified atom stereocenters. The Morgan fingerprint density at radius 3 is 2.54 bits per heavy atom. The third-order valence-electron chi connectivity index (χ3n) is 2.87. The van der Waals surface area contributed by atoms with Gasteiger partial charge in [0.2, 0.25) is 21.8 Å². The zero-order valence-electron chi connectivity index (χ0n) is 13.1. The SMILES string of the molecule is CC(=O)NC(C)C(=O)NCCNS(=O)(=O)c1cccc([N+](=O)[O-])c1. The molecule has 2 amide bonds. The van der Waals surface area contributed by atoms with Gasteiger partial charge < -0.3 is 10.6 Å². The van der Waals surface area contributed by atoms with E-state index in [9.17, 15) is 28.1 Å². The first-order valence-corrected chi connectivity index (χ1v) is 8.40. The molecule has 0 aliphatic rings. The van der Waals surface area contributed by atoms with Gasteiger partial charge in [-0.2, -0.15) is 0 Å². The molecule has 0 bridgehead atoms. The maximum atomic E-state index is 12.0. The number of hydrogen-bond donors (Lipinski definition) is 3. The van der Waals surface area contributed by atoms with Crippen molar-refractivity contribution in [3.63, 3.8) is 0 Å². The van der Waals surface area contributed by atoms with Gasteiger partial charge in [0.05, 0.1) is 9.82 Å². The molecule has 1 aromatic rings. The van der Waals surface area contributed by atoms with Crippen molar-refractivity contribution in [3.05, 3.63) is 34.4 Å². The number of nitro groups is 1. The average Bonchev–Trinajstić information content (AvgIpc) is 2.50. The van der Waals surface area contributed by atoms with E-state index in [0.717, 1.165) is 6.07 Å². The van der Waals surface area contributed by atoms with Gasteiger partial charge in [-0.05, 0) is 13.0 Å². The molecule has 0 aliphatic carbocycles. The summed E-state index contributed by atoms with van der Waals surface area (Å²) in [5, 5.41) is 15.5. The van der Waals surface area contributed by atoms with E-state index in [1.165, 1.54) is 32.0 Å². The molecule has 1 atom stereocenters. The summed E-state index contributed by atoms with van der Waals surface area (Å²) in [6, 6.07) is 3.88. The third kappa shape index (κ3) is 5.93. The highest BCUT2D eigenvalue weighted by atomic mass is 32.2. The summed E-state index contributed by atoms with van der Waals surface area (Å²) in [5.74, 6) is -0.816. The Hall–Kier alpha value is -2.53. The summed E-state index contributed by atoms with van der Waals surface area (Å²) in [5.41, 5.74) is -0.338. The fourth-order valence-electron chi connectivity index (χ4n) is 1.74. The van der Waals surface area contributed by atoms with Crippen molar-refractivity contribution in [1.29, 1.82) is 0 Å². The Morgan fingerprint density at radius 1 is 1.29 bits per heavy atom. The van der Waals surface area contributed by atoms with E-state index >= 15 is 0 Å². The van der Waals surface area contributed by atoms with Crippen LogP contribution in [0.4, 0.5) is 5.69 Å². The number of non-ortho nitro benzene ring substituents is 1. The molecule has 0 spiro atoms. The van der Waals surface area contributed by atoms with E-state index < -0.39 is 26.9 Å². The number of carbonyl (C=O) groups excluding carboxylic acids is 2. The minimum atomic E-state index is -3.93. The number of nitro benzene ring substituents is 1. The van der Waals surface area contributed by atoms with Crippen LogP contribution in [0.25, 0.3) is 0 Å². The van der Waals surface area contributed by atoms with E-state index in [2.05, 4.69) is 15.4 Å². The lowest BCUT2D eigenvalue weighted by Crippen LogP contribution is -2.45. The molecule has 10 nitrogen and oxygen atoms in total. The van der Waals surface area contributed by atoms with Gasteiger partial charge in [0.25, 0.3) is 5.69 Å². The number of rotatable bonds is 8. The highest BCUT2D eigenvalue weighted by molar-refractivity contribution is 7.89. The zero-order valence-corrected chi connectivity index (χ0v) is 13.9. The number of amides is 2. The molecular weight excluding hydrogens is 340 g/mol. The molecule has 132 valence electrons. The quantitative estimate of drug-likeness (QED) is 0.325. The van der Waals surface area contributed by atoms with Crippen molar-refractivity contribution in [1.82, 2.24) is 15.4 Å². The van der Waals surface area contributed by atoms with Crippen LogP contribution < -0.4 is 15.4 Å². The van der Waals surface area contributed by atoms with Crippen molar-refractivity contribution < 1.29 is 22.9 Å². The summed E-state index contributed by atoms with van der Waals surface area (Å²) in [6.45, 7) is 2.65. The van der Waals surface area contributed by atoms with Crippen LogP contribution in [0.3, 0.4) is 0 Å². The van der Waals surface area contributed by atoms with E-state index in [0.29, 0.717) is 0 Å². The number of benzene rings is 1. The van der Waals surface area contributed by atoms with Crippen molar-refractivity contribution in [2.45, 2.75) is 24.8 Å². The topological polar surface area (TPSA) is 148 Å². The van der Waals surface area contributed by atoms with Crippen molar-refractivity contribution in [2.24, 2.45) is 0 Å². The molecule has 0 saturated heterocycles. The largest absolute Gasteiger partial charge is 0.353 e. The fourth-order valence-corrected chi connectivity index (χ4v) is 2.81. The summed E-state index contributed by atoms with van der Waals surface area (Å²) in [4.78, 5) is 32.2. The van der Waals surface area contributed by atoms with Gasteiger partial charge in [0.1, 0.15) is 6.04 Å². The van der Waals surface area contributed by atoms with Gasteiger partial charge in [-0.15, -0.1) is 0 Å². The molecule has 0 radical (unpaired) electrons. The standard InChI is InChI=1S/C13H18N4O6S/c1-9(16-10(2)18)13(19)14-6-7-15-24(22,23)12-5-3-4-11(8-12)17(20)21/h3-5,8-9,15H,6-7H2,1-2H3,(H,14,19)(H,16,18). The molecule has 0 fully saturated rings.